The third-order valence-electron chi connectivity index (χ3n) is 8.93. The summed E-state index contributed by atoms with van der Waals surface area (Å²) in [6.45, 7) is 12.0. The number of aromatic nitrogens is 4. The summed E-state index contributed by atoms with van der Waals surface area (Å²) in [6, 6.07) is 4.20. The van der Waals surface area contributed by atoms with Gasteiger partial charge in [-0.15, -0.1) is 0 Å². The first-order valence-electron chi connectivity index (χ1n) is 13.1. The minimum atomic E-state index is -0.575. The number of pyridine rings is 1. The molecule has 2 aliphatic heterocycles. The van der Waals surface area contributed by atoms with Crippen LogP contribution >= 0.6 is 0 Å². The summed E-state index contributed by atoms with van der Waals surface area (Å²) in [6.07, 6.45) is 9.74. The van der Waals surface area contributed by atoms with Crippen molar-refractivity contribution in [2.75, 3.05) is 18.0 Å². The molecular formula is C27H32BN7O3. The first kappa shape index (κ1) is 24.8. The van der Waals surface area contributed by atoms with E-state index in [1.165, 1.54) is 0 Å². The van der Waals surface area contributed by atoms with Crippen molar-refractivity contribution in [3.05, 3.63) is 36.4 Å². The molecule has 1 N–H and O–H groups in total. The van der Waals surface area contributed by atoms with Gasteiger partial charge in [-0.2, -0.15) is 10.4 Å². The Morgan fingerprint density at radius 1 is 1.08 bits per heavy atom. The zero-order valence-corrected chi connectivity index (χ0v) is 22.4. The molecule has 3 aromatic rings. The molecule has 11 heteroatoms. The second kappa shape index (κ2) is 8.51. The van der Waals surface area contributed by atoms with Gasteiger partial charge in [0.1, 0.15) is 11.9 Å². The number of carbonyl (C=O) groups is 1. The first-order valence-corrected chi connectivity index (χ1v) is 13.1. The lowest BCUT2D eigenvalue weighted by Gasteiger charge is -2.32. The van der Waals surface area contributed by atoms with Crippen molar-refractivity contribution in [1.29, 1.82) is 5.26 Å². The summed E-state index contributed by atoms with van der Waals surface area (Å²) in [7, 11) is -0.575. The highest BCUT2D eigenvalue weighted by Gasteiger charge is 2.52. The number of hydrogen-bond acceptors (Lipinski definition) is 8. The summed E-state index contributed by atoms with van der Waals surface area (Å²) < 4.78 is 14.3. The Kier molecular flexibility index (Phi) is 5.56. The zero-order valence-electron chi connectivity index (χ0n) is 22.4. The number of hydrogen-bond donors (Lipinski definition) is 1. The van der Waals surface area contributed by atoms with Crippen molar-refractivity contribution < 1.29 is 14.1 Å². The normalized spacial score (nSPS) is 27.5. The van der Waals surface area contributed by atoms with Gasteiger partial charge in [-0.05, 0) is 65.4 Å². The maximum absolute atomic E-state index is 11.0. The summed E-state index contributed by atoms with van der Waals surface area (Å²) in [5.41, 5.74) is 2.25. The van der Waals surface area contributed by atoms with Crippen LogP contribution in [0.2, 0.25) is 0 Å². The molecule has 1 amide bonds. The average molecular weight is 513 g/mol. The number of amides is 1. The molecule has 1 saturated carbocycles. The average Bonchev–Trinajstić information content (AvgIpc) is 3.58. The summed E-state index contributed by atoms with van der Waals surface area (Å²) in [5, 5.41) is 17.2. The van der Waals surface area contributed by atoms with Crippen molar-refractivity contribution in [2.45, 2.75) is 64.2 Å². The molecule has 3 aromatic heterocycles. The van der Waals surface area contributed by atoms with Gasteiger partial charge >= 0.3 is 7.12 Å². The van der Waals surface area contributed by atoms with Gasteiger partial charge in [0, 0.05) is 35.9 Å². The second-order valence-electron chi connectivity index (χ2n) is 12.2. The Balaban J connectivity index is 1.30. The maximum atomic E-state index is 11.0. The molecule has 0 bridgehead atoms. The van der Waals surface area contributed by atoms with E-state index < -0.39 is 18.3 Å². The zero-order chi connectivity index (χ0) is 26.9. The molecule has 196 valence electrons. The number of anilines is 1. The number of nitriles is 1. The lowest BCUT2D eigenvalue weighted by Crippen LogP contribution is -2.41. The van der Waals surface area contributed by atoms with Gasteiger partial charge in [-0.1, -0.05) is 0 Å². The number of nitrogens with zero attached hydrogens (tertiary/aromatic N) is 6. The van der Waals surface area contributed by atoms with Gasteiger partial charge in [0.25, 0.3) is 0 Å². The second-order valence-corrected chi connectivity index (χ2v) is 12.2. The molecule has 6 rings (SSSR count). The Bertz CT molecular complexity index is 1420. The Hall–Kier alpha value is -3.49. The summed E-state index contributed by atoms with van der Waals surface area (Å²) >= 11 is 0. The van der Waals surface area contributed by atoms with Gasteiger partial charge in [-0.3, -0.25) is 9.78 Å². The van der Waals surface area contributed by atoms with Crippen LogP contribution in [-0.4, -0.2) is 62.9 Å². The van der Waals surface area contributed by atoms with E-state index in [4.69, 9.17) is 19.3 Å². The summed E-state index contributed by atoms with van der Waals surface area (Å²) in [5.74, 6) is 1.88. The smallest absolute Gasteiger partial charge is 0.399 e. The Morgan fingerprint density at radius 2 is 1.76 bits per heavy atom. The van der Waals surface area contributed by atoms with Crippen LogP contribution in [0.1, 0.15) is 53.0 Å². The van der Waals surface area contributed by atoms with Crippen molar-refractivity contribution >= 4 is 30.3 Å². The lowest BCUT2D eigenvalue weighted by atomic mass is 9.79. The molecule has 0 unspecified atom stereocenters. The highest BCUT2D eigenvalue weighted by Crippen LogP contribution is 2.44. The van der Waals surface area contributed by atoms with Crippen molar-refractivity contribution in [1.82, 2.24) is 24.9 Å². The molecule has 10 nitrogen and oxygen atoms in total. The van der Waals surface area contributed by atoms with Crippen molar-refractivity contribution in [2.24, 2.45) is 11.8 Å². The van der Waals surface area contributed by atoms with Crippen LogP contribution in [0.15, 0.2) is 30.9 Å². The largest absolute Gasteiger partial charge is 0.496 e. The number of carbonyl (C=O) groups excluding carboxylic acids is 1. The van der Waals surface area contributed by atoms with Crippen LogP contribution in [0.25, 0.3) is 16.8 Å². The van der Waals surface area contributed by atoms with E-state index in [0.717, 1.165) is 49.2 Å². The third kappa shape index (κ3) is 3.94. The standard InChI is InChI=1S/C27H32BN7O3/c1-25(2)26(3,4)38-28(37-25)20-6-21(24-19(9-29)10-33-35(24)15-20)22-11-31-23(12-30-22)34-13-17-7-27(5,32-16-36)8-18(17)14-34/h6,10-12,15-18H,7-8,13-14H2,1-5H3,(H,32,36)/t17-,18+,27+. The van der Waals surface area contributed by atoms with Crippen molar-refractivity contribution in [3.8, 4) is 17.3 Å². The van der Waals surface area contributed by atoms with Gasteiger partial charge < -0.3 is 19.5 Å². The van der Waals surface area contributed by atoms with Crippen LogP contribution in [0, 0.1) is 23.2 Å². The van der Waals surface area contributed by atoms with Crippen LogP contribution < -0.4 is 15.7 Å². The van der Waals surface area contributed by atoms with Crippen molar-refractivity contribution in [3.63, 3.8) is 0 Å². The molecule has 2 saturated heterocycles. The number of fused-ring (bicyclic) bond motifs is 2. The van der Waals surface area contributed by atoms with E-state index >= 15 is 0 Å². The van der Waals surface area contributed by atoms with Gasteiger partial charge in [0.2, 0.25) is 6.41 Å². The Morgan fingerprint density at radius 3 is 2.34 bits per heavy atom. The maximum Gasteiger partial charge on any atom is 0.496 e. The fourth-order valence-corrected chi connectivity index (χ4v) is 6.24. The SMILES string of the molecule is CC1(C)OB(c2cc(-c3cnc(N4C[C@@H]5C[C@@](C)(NC=O)C[C@@H]5C4)cn3)c3c(C#N)cnn3c2)OC1(C)C. The van der Waals surface area contributed by atoms with Crippen LogP contribution in [-0.2, 0) is 14.1 Å². The topological polar surface area (TPSA) is 118 Å². The van der Waals surface area contributed by atoms with E-state index in [-0.39, 0.29) is 5.54 Å². The number of nitrogens with one attached hydrogen (secondary N) is 1. The molecule has 3 atom stereocenters. The monoisotopic (exact) mass is 513 g/mol. The predicted molar refractivity (Wildman–Crippen MR) is 143 cm³/mol. The van der Waals surface area contributed by atoms with E-state index in [9.17, 15) is 10.1 Å². The summed E-state index contributed by atoms with van der Waals surface area (Å²) in [4.78, 5) is 22.8. The highest BCUT2D eigenvalue weighted by atomic mass is 16.7. The quantitative estimate of drug-likeness (QED) is 0.408. The fraction of sp³-hybridized carbons (Fsp3) is 0.519. The molecule has 1 aliphatic carbocycles. The molecule has 3 aliphatic rings. The molecule has 3 fully saturated rings. The van der Waals surface area contributed by atoms with Crippen LogP contribution in [0.5, 0.6) is 0 Å². The van der Waals surface area contributed by atoms with E-state index in [2.05, 4.69) is 28.3 Å². The highest BCUT2D eigenvalue weighted by molar-refractivity contribution is 6.62. The predicted octanol–water partition coefficient (Wildman–Crippen LogP) is 2.31. The minimum absolute atomic E-state index is 0.115. The van der Waals surface area contributed by atoms with E-state index in [0.29, 0.717) is 28.6 Å². The van der Waals surface area contributed by atoms with E-state index in [1.54, 1.807) is 23.1 Å². The van der Waals surface area contributed by atoms with Crippen LogP contribution in [0.4, 0.5) is 5.82 Å². The van der Waals surface area contributed by atoms with Gasteiger partial charge in [0.05, 0.1) is 46.6 Å². The molecular weight excluding hydrogens is 481 g/mol. The first-order chi connectivity index (χ1) is 18.0. The lowest BCUT2D eigenvalue weighted by molar-refractivity contribution is -0.111. The molecule has 0 spiro atoms. The number of rotatable bonds is 5. The molecule has 38 heavy (non-hydrogen) atoms. The van der Waals surface area contributed by atoms with Crippen LogP contribution in [0.3, 0.4) is 0 Å². The fourth-order valence-electron chi connectivity index (χ4n) is 6.24. The molecule has 0 aromatic carbocycles. The van der Waals surface area contributed by atoms with Gasteiger partial charge in [0.15, 0.2) is 0 Å². The molecule has 5 heterocycles. The minimum Gasteiger partial charge on any atom is -0.399 e. The Labute approximate surface area is 222 Å². The molecule has 0 radical (unpaired) electrons. The van der Waals surface area contributed by atoms with E-state index in [1.807, 2.05) is 40.0 Å². The van der Waals surface area contributed by atoms with Gasteiger partial charge in [-0.25, -0.2) is 9.50 Å². The third-order valence-corrected chi connectivity index (χ3v) is 8.93.